The Labute approximate surface area is 745 Å². The van der Waals surface area contributed by atoms with Gasteiger partial charge in [-0.2, -0.15) is 16.8 Å². The third-order valence-corrected chi connectivity index (χ3v) is 20.9. The van der Waals surface area contributed by atoms with Crippen molar-refractivity contribution in [3.8, 4) is 0 Å². The van der Waals surface area contributed by atoms with Gasteiger partial charge in [0.15, 0.2) is 12.6 Å². The van der Waals surface area contributed by atoms with E-state index < -0.39 is 26.3 Å². The first kappa shape index (κ1) is 122. The molecule has 14 atom stereocenters. The molecule has 0 radical (unpaired) electrons. The first-order valence-corrected chi connectivity index (χ1v) is 44.7. The second kappa shape index (κ2) is 84.0. The van der Waals surface area contributed by atoms with E-state index in [1.165, 1.54) is 52.7 Å². The fourth-order valence-electron chi connectivity index (χ4n) is 10.0. The summed E-state index contributed by atoms with van der Waals surface area (Å²) < 4.78 is 224. The Balaban J connectivity index is 0.00000157. The lowest BCUT2D eigenvalue weighted by atomic mass is 10.2. The van der Waals surface area contributed by atoms with Crippen LogP contribution in [0.5, 0.6) is 0 Å². The Morgan fingerprint density at radius 1 is 0.272 bits per heavy atom. The highest BCUT2D eigenvalue weighted by atomic mass is 32.2. The molecule has 0 spiro atoms. The predicted octanol–water partition coefficient (Wildman–Crippen LogP) is 4.38. The summed E-state index contributed by atoms with van der Waals surface area (Å²) in [6.07, 6.45) is 3.18. The maximum absolute atomic E-state index is 12.3. The van der Waals surface area contributed by atoms with Gasteiger partial charge in [0.05, 0.1) is 221 Å². The molecule has 0 aromatic heterocycles. The van der Waals surface area contributed by atoms with Gasteiger partial charge in [0, 0.05) is 127 Å². The van der Waals surface area contributed by atoms with Crippen LogP contribution < -0.4 is 0 Å². The summed E-state index contributed by atoms with van der Waals surface area (Å²) in [7, 11) is 17.9. The Hall–Kier alpha value is -3.06. The quantitative estimate of drug-likeness (QED) is 0.0685. The number of hydrogen-bond acceptors (Lipinski definition) is 39. The molecule has 39 nitrogen and oxygen atoms in total. The van der Waals surface area contributed by atoms with E-state index in [-0.39, 0.29) is 136 Å². The van der Waals surface area contributed by atoms with Crippen LogP contribution in [0.4, 0.5) is 0 Å². The largest absolute Gasteiger partial charge is 0.394 e. The molecule has 4 rings (SSSR count). The van der Waals surface area contributed by atoms with E-state index in [9.17, 15) is 16.8 Å². The number of ether oxygens (including phenoxy) is 31. The molecule has 2 aliphatic rings. The molecule has 2 aromatic carbocycles. The highest BCUT2D eigenvalue weighted by molar-refractivity contribution is 7.87. The summed E-state index contributed by atoms with van der Waals surface area (Å²) in [5.74, 6) is 0. The maximum atomic E-state index is 12.3. The normalized spacial score (nSPS) is 17.3. The van der Waals surface area contributed by atoms with Crippen molar-refractivity contribution in [1.82, 2.24) is 0 Å². The minimum absolute atomic E-state index is 0.0344. The first-order chi connectivity index (χ1) is 60.6. The van der Waals surface area contributed by atoms with E-state index in [4.69, 9.17) is 165 Å². The van der Waals surface area contributed by atoms with Crippen LogP contribution in [0.2, 0.25) is 0 Å². The molecular formula is C84H158O39S2. The van der Waals surface area contributed by atoms with Crippen molar-refractivity contribution in [2.75, 3.05) is 338 Å². The number of hydrogen-bond donors (Lipinski definition) is 2. The summed E-state index contributed by atoms with van der Waals surface area (Å²) in [6.45, 7) is 16.1. The molecule has 740 valence electrons. The van der Waals surface area contributed by atoms with Crippen molar-refractivity contribution in [2.24, 2.45) is 0 Å². The highest BCUT2D eigenvalue weighted by Gasteiger charge is 2.25. The van der Waals surface area contributed by atoms with Crippen molar-refractivity contribution >= 4 is 20.2 Å². The van der Waals surface area contributed by atoms with Gasteiger partial charge in [0.2, 0.25) is 0 Å². The Morgan fingerprint density at radius 3 is 0.712 bits per heavy atom. The average Bonchev–Trinajstić information content (AvgIpc) is 0.848. The monoisotopic (exact) mass is 1850 g/mol. The van der Waals surface area contributed by atoms with Crippen molar-refractivity contribution in [3.05, 3.63) is 59.7 Å². The molecule has 2 heterocycles. The molecule has 2 saturated heterocycles. The first-order valence-electron chi connectivity index (χ1n) is 41.8. The van der Waals surface area contributed by atoms with Crippen LogP contribution in [0.1, 0.15) is 49.7 Å². The van der Waals surface area contributed by atoms with Gasteiger partial charge < -0.3 is 157 Å². The maximum Gasteiger partial charge on any atom is 0.297 e. The zero-order valence-electron chi connectivity index (χ0n) is 77.8. The topological polar surface area (TPSA) is 413 Å². The number of aryl methyl sites for hydroxylation is 2. The van der Waals surface area contributed by atoms with Crippen molar-refractivity contribution in [3.63, 3.8) is 0 Å². The molecule has 0 aliphatic carbocycles. The number of aliphatic hydroxyl groups excluding tert-OH is 2. The van der Waals surface area contributed by atoms with Crippen LogP contribution in [0.3, 0.4) is 0 Å². The van der Waals surface area contributed by atoms with Gasteiger partial charge >= 0.3 is 0 Å². The summed E-state index contributed by atoms with van der Waals surface area (Å²) in [6, 6.07) is 12.9. The van der Waals surface area contributed by atoms with E-state index in [0.29, 0.717) is 165 Å². The fourth-order valence-corrected chi connectivity index (χ4v) is 11.8. The molecule has 41 heteroatoms. The minimum Gasteiger partial charge on any atom is -0.394 e. The lowest BCUT2D eigenvalue weighted by Gasteiger charge is -2.25. The van der Waals surface area contributed by atoms with E-state index in [0.717, 1.165) is 62.9 Å². The molecule has 14 unspecified atom stereocenters. The summed E-state index contributed by atoms with van der Waals surface area (Å²) in [4.78, 5) is 0.267. The molecular weight excluding hydrogens is 1700 g/mol. The number of rotatable bonds is 76. The van der Waals surface area contributed by atoms with Gasteiger partial charge in [0.25, 0.3) is 20.2 Å². The molecule has 2 aromatic rings. The van der Waals surface area contributed by atoms with Gasteiger partial charge in [-0.15, -0.1) is 0 Å². The number of benzene rings is 2. The Morgan fingerprint density at radius 2 is 0.488 bits per heavy atom. The van der Waals surface area contributed by atoms with Crippen LogP contribution in [-0.2, 0) is 175 Å². The number of aliphatic hydroxyl groups is 2. The lowest BCUT2D eigenvalue weighted by molar-refractivity contribution is -0.183. The average molecular weight is 1860 g/mol. The van der Waals surface area contributed by atoms with Crippen LogP contribution in [-0.4, -0.2) is 451 Å². The Bertz CT molecular complexity index is 2840. The standard InChI is InChI=1S/C22H38O10S.C20H40O9.C17H34O8.C15H32O8.C10H14O4S/c1-18-6-8-22(9-7-18)33(23,24)32-17-21(28-5)16-31-15-20(27-4)14-30-13-19(26-3)12-29-11-10-25-2;1-21-9-10-25-11-17(22-2)12-26-13-18(23-3)14-27-15-19(24-4)16-29-20-7-5-6-8-28-20;1-19-14(8-18)9-22-10-15(20-2)11-23-12-16(21-3)13-25-17-6-4-5-7-24-17;1-17-5-6-21-9-14(19-3)10-23-12-15(20-4)11-22-8-13(7-16)18-2;1-9-3-5-10(6-4-9)15(11,12)14-8-7-13-2/h6-9,19-21H,10-17H2,1-5H3;17-20H,5-16H2,1-4H3;14-18H,4-13H2,1-3H3;13-16H,5-12H2,1-4H3;3-6H,7-8H2,1-2H3. The molecule has 0 amide bonds. The molecule has 0 bridgehead atoms. The van der Waals surface area contributed by atoms with Crippen LogP contribution in [0.15, 0.2) is 58.3 Å². The lowest BCUT2D eigenvalue weighted by Crippen LogP contribution is -2.33. The summed E-state index contributed by atoms with van der Waals surface area (Å²) >= 11 is 0. The predicted molar refractivity (Wildman–Crippen MR) is 458 cm³/mol. The zero-order valence-corrected chi connectivity index (χ0v) is 79.4. The summed E-state index contributed by atoms with van der Waals surface area (Å²) in [5, 5.41) is 18.0. The van der Waals surface area contributed by atoms with Crippen LogP contribution >= 0.6 is 0 Å². The third-order valence-electron chi connectivity index (χ3n) is 18.2. The van der Waals surface area contributed by atoms with Crippen LogP contribution in [0, 0.1) is 13.8 Å². The second-order valence-electron chi connectivity index (χ2n) is 28.1. The van der Waals surface area contributed by atoms with E-state index in [1.54, 1.807) is 110 Å². The summed E-state index contributed by atoms with van der Waals surface area (Å²) in [5.41, 5.74) is 1.97. The van der Waals surface area contributed by atoms with Crippen molar-refractivity contribution in [1.29, 1.82) is 0 Å². The van der Waals surface area contributed by atoms with Gasteiger partial charge in [-0.05, 0) is 76.6 Å². The van der Waals surface area contributed by atoms with Crippen molar-refractivity contribution in [2.45, 2.75) is 148 Å². The van der Waals surface area contributed by atoms with Crippen LogP contribution in [0.25, 0.3) is 0 Å². The van der Waals surface area contributed by atoms with Gasteiger partial charge in [0.1, 0.15) is 73.2 Å². The molecule has 2 N–H and O–H groups in total. The van der Waals surface area contributed by atoms with E-state index in [2.05, 4.69) is 0 Å². The molecule has 2 fully saturated rings. The van der Waals surface area contributed by atoms with Gasteiger partial charge in [-0.3, -0.25) is 8.37 Å². The van der Waals surface area contributed by atoms with Gasteiger partial charge in [-0.25, -0.2) is 0 Å². The SMILES string of the molecule is COC(CO)COCC(COCC(COC1CCCCO1)OC)OC.COCCOCC(COCC(COCC(CO)OC)OC)OC.COCCOCC(COCC(COCC(COC1CCCCO1)OC)OC)OC.COCCOCC(COCC(COCC(COS(=O)(=O)c1ccc(C)cc1)OC)OC)OC.COCCOS(=O)(=O)c1ccc(C)cc1. The van der Waals surface area contributed by atoms with Gasteiger partial charge in [-0.1, -0.05) is 35.4 Å². The highest BCUT2D eigenvalue weighted by Crippen LogP contribution is 2.19. The van der Waals surface area contributed by atoms with Crippen molar-refractivity contribution < 1.29 is 182 Å². The molecule has 0 saturated carbocycles. The minimum atomic E-state index is -3.87. The number of methoxy groups -OCH3 is 16. The fraction of sp³-hybridized carbons (Fsp3) is 0.857. The Kier molecular flexibility index (Phi) is 81.9. The third kappa shape index (κ3) is 66.1. The molecule has 125 heavy (non-hydrogen) atoms. The van der Waals surface area contributed by atoms with E-state index >= 15 is 0 Å². The van der Waals surface area contributed by atoms with E-state index in [1.807, 2.05) is 13.8 Å². The second-order valence-corrected chi connectivity index (χ2v) is 31.3. The smallest absolute Gasteiger partial charge is 0.297 e. The zero-order chi connectivity index (χ0) is 92.7. The molecule has 2 aliphatic heterocycles.